The van der Waals surface area contributed by atoms with Gasteiger partial charge in [0.15, 0.2) is 11.6 Å². The summed E-state index contributed by atoms with van der Waals surface area (Å²) in [6, 6.07) is 10.7. The zero-order valence-corrected chi connectivity index (χ0v) is 14.2. The van der Waals surface area contributed by atoms with E-state index in [1.807, 2.05) is 26.4 Å². The lowest BCUT2D eigenvalue weighted by Gasteiger charge is -2.17. The van der Waals surface area contributed by atoms with Crippen LogP contribution in [0.5, 0.6) is 0 Å². The second-order valence-corrected chi connectivity index (χ2v) is 6.20. The lowest BCUT2D eigenvalue weighted by atomic mass is 9.83. The summed E-state index contributed by atoms with van der Waals surface area (Å²) in [5.74, 6) is -0.157. The number of aromatic nitrogens is 1. The molecular formula is C19H17ClN2O2. The van der Waals surface area contributed by atoms with Crippen LogP contribution >= 0.6 is 12.4 Å². The Bertz CT molecular complexity index is 973. The molecule has 1 N–H and O–H groups in total. The summed E-state index contributed by atoms with van der Waals surface area (Å²) in [7, 11) is 4.00. The van der Waals surface area contributed by atoms with Gasteiger partial charge in [-0.2, -0.15) is 0 Å². The molecule has 4 rings (SSSR count). The number of fused-ring (bicyclic) bond motifs is 3. The average Bonchev–Trinajstić information content (AvgIpc) is 2.93. The van der Waals surface area contributed by atoms with Crippen molar-refractivity contribution in [3.05, 3.63) is 70.4 Å². The van der Waals surface area contributed by atoms with Crippen molar-refractivity contribution in [1.29, 1.82) is 0 Å². The Morgan fingerprint density at radius 2 is 1.50 bits per heavy atom. The third-order valence-corrected chi connectivity index (χ3v) is 4.30. The molecule has 0 aliphatic heterocycles. The zero-order valence-electron chi connectivity index (χ0n) is 13.4. The lowest BCUT2D eigenvalue weighted by molar-refractivity contribution is 0.0979. The molecule has 5 heteroatoms. The molecule has 0 spiro atoms. The Kier molecular flexibility index (Phi) is 4.03. The standard InChI is InChI=1S/C19H16N2O2.ClH/c1-21(2)10-11-9-20-17-8-16-15(7-14(11)17)18(22)12-5-3-4-6-13(12)19(16)23;/h3-9,20H,10H2,1-2H3;1H. The van der Waals surface area contributed by atoms with E-state index in [-0.39, 0.29) is 24.0 Å². The van der Waals surface area contributed by atoms with Crippen molar-refractivity contribution < 1.29 is 9.59 Å². The molecule has 0 saturated heterocycles. The van der Waals surface area contributed by atoms with Crippen LogP contribution in [0.4, 0.5) is 0 Å². The third kappa shape index (κ3) is 2.35. The topological polar surface area (TPSA) is 53.2 Å². The van der Waals surface area contributed by atoms with Crippen molar-refractivity contribution in [3.8, 4) is 0 Å². The minimum atomic E-state index is -0.0825. The zero-order chi connectivity index (χ0) is 16.1. The van der Waals surface area contributed by atoms with Gasteiger partial charge >= 0.3 is 0 Å². The van der Waals surface area contributed by atoms with Gasteiger partial charge in [-0.1, -0.05) is 24.3 Å². The number of hydrogen-bond donors (Lipinski definition) is 1. The van der Waals surface area contributed by atoms with Crippen molar-refractivity contribution in [1.82, 2.24) is 9.88 Å². The molecular weight excluding hydrogens is 324 g/mol. The molecule has 0 radical (unpaired) electrons. The first-order chi connectivity index (χ1) is 11.1. The number of H-pyrrole nitrogens is 1. The first kappa shape index (κ1) is 16.4. The van der Waals surface area contributed by atoms with Gasteiger partial charge in [0.2, 0.25) is 0 Å². The summed E-state index contributed by atoms with van der Waals surface area (Å²) in [5.41, 5.74) is 3.98. The highest BCUT2D eigenvalue weighted by atomic mass is 35.5. The van der Waals surface area contributed by atoms with Crippen LogP contribution in [-0.4, -0.2) is 35.5 Å². The molecule has 0 fully saturated rings. The average molecular weight is 341 g/mol. The first-order valence-electron chi connectivity index (χ1n) is 7.53. The summed E-state index contributed by atoms with van der Waals surface area (Å²) in [6.07, 6.45) is 1.94. The van der Waals surface area contributed by atoms with E-state index < -0.39 is 0 Å². The first-order valence-corrected chi connectivity index (χ1v) is 7.53. The molecule has 0 bridgehead atoms. The van der Waals surface area contributed by atoms with Crippen LogP contribution in [-0.2, 0) is 6.54 Å². The number of carbonyl (C=O) groups excluding carboxylic acids is 2. The van der Waals surface area contributed by atoms with Gasteiger partial charge < -0.3 is 9.88 Å². The fraction of sp³-hybridized carbons (Fsp3) is 0.158. The van der Waals surface area contributed by atoms with Gasteiger partial charge in [0.05, 0.1) is 0 Å². The van der Waals surface area contributed by atoms with Crippen LogP contribution in [0.15, 0.2) is 42.6 Å². The number of nitrogens with zero attached hydrogens (tertiary/aromatic N) is 1. The van der Waals surface area contributed by atoms with Gasteiger partial charge in [-0.3, -0.25) is 9.59 Å². The van der Waals surface area contributed by atoms with Crippen LogP contribution < -0.4 is 0 Å². The maximum absolute atomic E-state index is 12.8. The number of rotatable bonds is 2. The van der Waals surface area contributed by atoms with E-state index in [0.29, 0.717) is 22.3 Å². The highest BCUT2D eigenvalue weighted by Gasteiger charge is 2.30. The van der Waals surface area contributed by atoms with Crippen LogP contribution in [0, 0.1) is 0 Å². The number of carbonyl (C=O) groups is 2. The van der Waals surface area contributed by atoms with Gasteiger partial charge in [0.1, 0.15) is 0 Å². The van der Waals surface area contributed by atoms with Crippen LogP contribution in [0.2, 0.25) is 0 Å². The van der Waals surface area contributed by atoms with Crippen molar-refractivity contribution >= 4 is 34.9 Å². The number of benzene rings is 2. The van der Waals surface area contributed by atoms with Crippen molar-refractivity contribution in [2.24, 2.45) is 0 Å². The number of ketones is 2. The highest BCUT2D eigenvalue weighted by Crippen LogP contribution is 2.31. The van der Waals surface area contributed by atoms with E-state index in [0.717, 1.165) is 23.0 Å². The van der Waals surface area contributed by atoms with Gasteiger partial charge in [0.25, 0.3) is 0 Å². The van der Waals surface area contributed by atoms with E-state index in [9.17, 15) is 9.59 Å². The van der Waals surface area contributed by atoms with Crippen LogP contribution in [0.3, 0.4) is 0 Å². The van der Waals surface area contributed by atoms with E-state index in [4.69, 9.17) is 0 Å². The molecule has 24 heavy (non-hydrogen) atoms. The van der Waals surface area contributed by atoms with Gasteiger partial charge in [-0.25, -0.2) is 0 Å². The maximum atomic E-state index is 12.8. The van der Waals surface area contributed by atoms with Crippen molar-refractivity contribution in [3.63, 3.8) is 0 Å². The SMILES string of the molecule is CN(C)Cc1c[nH]c2cc3c(cc12)C(=O)c1ccccc1C3=O.Cl. The van der Waals surface area contributed by atoms with Gasteiger partial charge in [0, 0.05) is 45.9 Å². The predicted molar refractivity (Wildman–Crippen MR) is 96.2 cm³/mol. The van der Waals surface area contributed by atoms with E-state index in [1.165, 1.54) is 0 Å². The number of halogens is 1. The molecule has 0 unspecified atom stereocenters. The Morgan fingerprint density at radius 3 is 2.08 bits per heavy atom. The molecule has 2 aromatic carbocycles. The molecule has 1 aromatic heterocycles. The maximum Gasteiger partial charge on any atom is 0.194 e. The summed E-state index contributed by atoms with van der Waals surface area (Å²) >= 11 is 0. The minimum Gasteiger partial charge on any atom is -0.361 e. The Balaban J connectivity index is 0.00000169. The molecule has 4 nitrogen and oxygen atoms in total. The van der Waals surface area contributed by atoms with E-state index in [1.54, 1.807) is 30.3 Å². The lowest BCUT2D eigenvalue weighted by Crippen LogP contribution is -2.20. The second kappa shape index (κ2) is 5.89. The number of hydrogen-bond acceptors (Lipinski definition) is 3. The molecule has 0 saturated carbocycles. The normalized spacial score (nSPS) is 13.0. The third-order valence-electron chi connectivity index (χ3n) is 4.30. The molecule has 1 aliphatic carbocycles. The second-order valence-electron chi connectivity index (χ2n) is 6.20. The Hall–Kier alpha value is -2.43. The molecule has 122 valence electrons. The van der Waals surface area contributed by atoms with Gasteiger partial charge in [-0.05, 0) is 31.8 Å². The molecule has 0 atom stereocenters. The fourth-order valence-electron chi connectivity index (χ4n) is 3.24. The molecule has 0 amide bonds. The molecule has 1 heterocycles. The van der Waals surface area contributed by atoms with Crippen LogP contribution in [0.25, 0.3) is 10.9 Å². The van der Waals surface area contributed by atoms with Crippen molar-refractivity contribution in [2.75, 3.05) is 14.1 Å². The van der Waals surface area contributed by atoms with E-state index in [2.05, 4.69) is 9.88 Å². The number of nitrogens with one attached hydrogen (secondary N) is 1. The fourth-order valence-corrected chi connectivity index (χ4v) is 3.24. The quantitative estimate of drug-likeness (QED) is 0.608. The Labute approximate surface area is 145 Å². The minimum absolute atomic E-state index is 0. The largest absolute Gasteiger partial charge is 0.361 e. The molecule has 3 aromatic rings. The van der Waals surface area contributed by atoms with E-state index >= 15 is 0 Å². The predicted octanol–water partition coefficient (Wildman–Crippen LogP) is 3.43. The Morgan fingerprint density at radius 1 is 0.917 bits per heavy atom. The van der Waals surface area contributed by atoms with Crippen molar-refractivity contribution in [2.45, 2.75) is 6.54 Å². The summed E-state index contributed by atoms with van der Waals surface area (Å²) in [6.45, 7) is 0.775. The summed E-state index contributed by atoms with van der Waals surface area (Å²) < 4.78 is 0. The van der Waals surface area contributed by atoms with Crippen LogP contribution in [0.1, 0.15) is 37.4 Å². The smallest absolute Gasteiger partial charge is 0.194 e. The summed E-state index contributed by atoms with van der Waals surface area (Å²) in [5, 5.41) is 0.998. The van der Waals surface area contributed by atoms with Gasteiger partial charge in [-0.15, -0.1) is 12.4 Å². The molecule has 1 aliphatic rings. The highest BCUT2D eigenvalue weighted by molar-refractivity contribution is 6.29. The monoisotopic (exact) mass is 340 g/mol. The number of aromatic amines is 1. The summed E-state index contributed by atoms with van der Waals surface area (Å²) in [4.78, 5) is 30.8.